The lowest BCUT2D eigenvalue weighted by atomic mass is 10.1. The van der Waals surface area contributed by atoms with Crippen LogP contribution in [0, 0.1) is 5.82 Å². The molecule has 0 aliphatic carbocycles. The molecule has 0 radical (unpaired) electrons. The van der Waals surface area contributed by atoms with Crippen LogP contribution in [-0.4, -0.2) is 29.4 Å². The summed E-state index contributed by atoms with van der Waals surface area (Å²) in [4.78, 5) is 12.3. The van der Waals surface area contributed by atoms with Gasteiger partial charge in [-0.05, 0) is 48.9 Å². The second kappa shape index (κ2) is 7.71. The van der Waals surface area contributed by atoms with Crippen molar-refractivity contribution in [2.45, 2.75) is 23.6 Å². The summed E-state index contributed by atoms with van der Waals surface area (Å²) in [6, 6.07) is 13.6. The molecule has 0 saturated carbocycles. The number of hydrogen-bond donors (Lipinski definition) is 1. The summed E-state index contributed by atoms with van der Waals surface area (Å²) in [7, 11) is -3.91. The van der Waals surface area contributed by atoms with Gasteiger partial charge < -0.3 is 5.32 Å². The highest BCUT2D eigenvalue weighted by Gasteiger charge is 2.29. The first-order valence-corrected chi connectivity index (χ1v) is 9.79. The Morgan fingerprint density at radius 3 is 2.52 bits per heavy atom. The Bertz CT molecular complexity index is 1030. The summed E-state index contributed by atoms with van der Waals surface area (Å²) in [5.41, 5.74) is 1.58. The maximum Gasteiger partial charge on any atom is 0.238 e. The van der Waals surface area contributed by atoms with E-state index in [4.69, 9.17) is 0 Å². The highest BCUT2D eigenvalue weighted by molar-refractivity contribution is 7.92. The first-order chi connectivity index (χ1) is 12.9. The maximum absolute atomic E-state index is 13.0. The number of benzene rings is 2. The van der Waals surface area contributed by atoms with Crippen molar-refractivity contribution in [3.05, 3.63) is 78.4 Å². The van der Waals surface area contributed by atoms with Crippen molar-refractivity contribution < 1.29 is 17.6 Å². The summed E-state index contributed by atoms with van der Waals surface area (Å²) in [5, 5.41) is 5.52. The standard InChI is InChI=1S/C19H18FN3O3S/c1-14(27(25,26)17-9-7-16(20)8-10-17)19(24)21-13-15-5-2-3-6-18(15)23-12-4-11-22-23/h2-12,14H,13H2,1H3,(H,21,24). The van der Waals surface area contributed by atoms with Gasteiger partial charge in [0.2, 0.25) is 5.91 Å². The van der Waals surface area contributed by atoms with Gasteiger partial charge in [-0.15, -0.1) is 0 Å². The van der Waals surface area contributed by atoms with Crippen molar-refractivity contribution in [1.29, 1.82) is 0 Å². The molecular formula is C19H18FN3O3S. The summed E-state index contributed by atoms with van der Waals surface area (Å²) < 4.78 is 39.8. The van der Waals surface area contributed by atoms with Crippen molar-refractivity contribution in [3.8, 4) is 5.69 Å². The van der Waals surface area contributed by atoms with E-state index in [0.29, 0.717) is 0 Å². The van der Waals surface area contributed by atoms with Crippen LogP contribution in [0.25, 0.3) is 5.69 Å². The van der Waals surface area contributed by atoms with E-state index in [0.717, 1.165) is 35.5 Å². The number of para-hydroxylation sites is 1. The zero-order valence-electron chi connectivity index (χ0n) is 14.5. The van der Waals surface area contributed by atoms with E-state index in [9.17, 15) is 17.6 Å². The summed E-state index contributed by atoms with van der Waals surface area (Å²) in [6.07, 6.45) is 3.43. The van der Waals surface area contributed by atoms with E-state index in [-0.39, 0.29) is 11.4 Å². The fourth-order valence-electron chi connectivity index (χ4n) is 2.59. The average Bonchev–Trinajstić information content (AvgIpc) is 3.20. The first-order valence-electron chi connectivity index (χ1n) is 8.24. The molecule has 0 saturated heterocycles. The number of carbonyl (C=O) groups excluding carboxylic acids is 1. The molecule has 1 amide bonds. The van der Waals surface area contributed by atoms with Crippen LogP contribution < -0.4 is 5.32 Å². The lowest BCUT2D eigenvalue weighted by Crippen LogP contribution is -2.37. The maximum atomic E-state index is 13.0. The number of hydrogen-bond acceptors (Lipinski definition) is 4. The molecule has 27 heavy (non-hydrogen) atoms. The molecule has 1 unspecified atom stereocenters. The molecule has 3 aromatic rings. The first kappa shape index (κ1) is 18.8. The molecule has 2 aromatic carbocycles. The largest absolute Gasteiger partial charge is 0.351 e. The van der Waals surface area contributed by atoms with Gasteiger partial charge in [-0.3, -0.25) is 4.79 Å². The lowest BCUT2D eigenvalue weighted by Gasteiger charge is -2.15. The Kier molecular flexibility index (Phi) is 5.36. The van der Waals surface area contributed by atoms with E-state index < -0.39 is 26.8 Å². The van der Waals surface area contributed by atoms with Crippen LogP contribution in [0.15, 0.2) is 71.9 Å². The number of nitrogens with one attached hydrogen (secondary N) is 1. The van der Waals surface area contributed by atoms with Crippen LogP contribution in [-0.2, 0) is 21.2 Å². The summed E-state index contributed by atoms with van der Waals surface area (Å²) >= 11 is 0. The van der Waals surface area contributed by atoms with Crippen molar-refractivity contribution >= 4 is 15.7 Å². The number of carbonyl (C=O) groups is 1. The Hall–Kier alpha value is -3.00. The predicted molar refractivity (Wildman–Crippen MR) is 98.5 cm³/mol. The van der Waals surface area contributed by atoms with Gasteiger partial charge in [-0.2, -0.15) is 5.10 Å². The van der Waals surface area contributed by atoms with Gasteiger partial charge in [0.1, 0.15) is 11.1 Å². The average molecular weight is 387 g/mol. The third-order valence-electron chi connectivity index (χ3n) is 4.17. The molecule has 0 bridgehead atoms. The van der Waals surface area contributed by atoms with Crippen LogP contribution in [0.2, 0.25) is 0 Å². The monoisotopic (exact) mass is 387 g/mol. The van der Waals surface area contributed by atoms with Gasteiger partial charge in [-0.1, -0.05) is 18.2 Å². The third kappa shape index (κ3) is 4.06. The van der Waals surface area contributed by atoms with Gasteiger partial charge in [0, 0.05) is 18.9 Å². The molecular weight excluding hydrogens is 369 g/mol. The topological polar surface area (TPSA) is 81.1 Å². The quantitative estimate of drug-likeness (QED) is 0.659. The van der Waals surface area contributed by atoms with E-state index in [1.807, 2.05) is 24.3 Å². The van der Waals surface area contributed by atoms with Gasteiger partial charge >= 0.3 is 0 Å². The number of sulfone groups is 1. The van der Waals surface area contributed by atoms with Gasteiger partial charge in [-0.25, -0.2) is 17.5 Å². The third-order valence-corrected chi connectivity index (χ3v) is 6.25. The molecule has 1 heterocycles. The van der Waals surface area contributed by atoms with E-state index >= 15 is 0 Å². The fourth-order valence-corrected chi connectivity index (χ4v) is 3.88. The minimum atomic E-state index is -3.91. The Labute approximate surface area is 156 Å². The minimum Gasteiger partial charge on any atom is -0.351 e. The number of rotatable bonds is 6. The van der Waals surface area contributed by atoms with Crippen LogP contribution >= 0.6 is 0 Å². The second-order valence-corrected chi connectivity index (χ2v) is 8.21. The van der Waals surface area contributed by atoms with Crippen LogP contribution in [0.5, 0.6) is 0 Å². The molecule has 1 N–H and O–H groups in total. The number of aromatic nitrogens is 2. The van der Waals surface area contributed by atoms with Crippen LogP contribution in [0.4, 0.5) is 4.39 Å². The van der Waals surface area contributed by atoms with Crippen molar-refractivity contribution in [2.24, 2.45) is 0 Å². The predicted octanol–water partition coefficient (Wildman–Crippen LogP) is 2.49. The smallest absolute Gasteiger partial charge is 0.238 e. The van der Waals surface area contributed by atoms with Gasteiger partial charge in [0.05, 0.1) is 10.6 Å². The molecule has 8 heteroatoms. The Morgan fingerprint density at radius 2 is 1.85 bits per heavy atom. The zero-order valence-corrected chi connectivity index (χ0v) is 15.4. The number of amides is 1. The Morgan fingerprint density at radius 1 is 1.15 bits per heavy atom. The van der Waals surface area contributed by atoms with E-state index in [1.165, 1.54) is 6.92 Å². The molecule has 0 fully saturated rings. The number of halogens is 1. The second-order valence-electron chi connectivity index (χ2n) is 5.94. The SMILES string of the molecule is CC(C(=O)NCc1ccccc1-n1cccn1)S(=O)(=O)c1ccc(F)cc1. The molecule has 0 aliphatic heterocycles. The highest BCUT2D eigenvalue weighted by Crippen LogP contribution is 2.18. The molecule has 6 nitrogen and oxygen atoms in total. The molecule has 3 rings (SSSR count). The molecule has 1 aromatic heterocycles. The minimum absolute atomic E-state index is 0.0940. The highest BCUT2D eigenvalue weighted by atomic mass is 32.2. The molecule has 0 spiro atoms. The normalized spacial score (nSPS) is 12.5. The number of nitrogens with zero attached hydrogens (tertiary/aromatic N) is 2. The lowest BCUT2D eigenvalue weighted by molar-refractivity contribution is -0.120. The van der Waals surface area contributed by atoms with Gasteiger partial charge in [0.25, 0.3) is 0 Å². The zero-order chi connectivity index (χ0) is 19.4. The van der Waals surface area contributed by atoms with Crippen LogP contribution in [0.3, 0.4) is 0 Å². The Balaban J connectivity index is 1.74. The summed E-state index contributed by atoms with van der Waals surface area (Å²) in [5.74, 6) is -1.17. The van der Waals surface area contributed by atoms with Gasteiger partial charge in [0.15, 0.2) is 9.84 Å². The fraction of sp³-hybridized carbons (Fsp3) is 0.158. The van der Waals surface area contributed by atoms with Crippen molar-refractivity contribution in [1.82, 2.24) is 15.1 Å². The molecule has 1 atom stereocenters. The summed E-state index contributed by atoms with van der Waals surface area (Å²) in [6.45, 7) is 1.46. The molecule has 140 valence electrons. The van der Waals surface area contributed by atoms with Crippen molar-refractivity contribution in [2.75, 3.05) is 0 Å². The van der Waals surface area contributed by atoms with Crippen LogP contribution in [0.1, 0.15) is 12.5 Å². The molecule has 0 aliphatic rings. The van der Waals surface area contributed by atoms with E-state index in [2.05, 4.69) is 10.4 Å². The van der Waals surface area contributed by atoms with E-state index in [1.54, 1.807) is 23.1 Å². The van der Waals surface area contributed by atoms with Crippen molar-refractivity contribution in [3.63, 3.8) is 0 Å².